The third-order valence-electron chi connectivity index (χ3n) is 5.61. The van der Waals surface area contributed by atoms with Crippen LogP contribution >= 0.6 is 0 Å². The minimum atomic E-state index is -0.775. The molecule has 1 rings (SSSR count). The minimum Gasteiger partial charge on any atom is -0.394 e. The zero-order chi connectivity index (χ0) is 23.8. The summed E-state index contributed by atoms with van der Waals surface area (Å²) in [4.78, 5) is 51.4. The van der Waals surface area contributed by atoms with Gasteiger partial charge in [-0.15, -0.1) is 0 Å². The molecule has 0 aromatic carbocycles. The van der Waals surface area contributed by atoms with Crippen LogP contribution < -0.4 is 16.0 Å². The number of rotatable bonds is 10. The molecule has 0 aromatic heterocycles. The highest BCUT2D eigenvalue weighted by atomic mass is 16.3. The normalized spacial score (nSPS) is 19.6. The van der Waals surface area contributed by atoms with Crippen molar-refractivity contribution in [3.63, 3.8) is 0 Å². The van der Waals surface area contributed by atoms with Gasteiger partial charge >= 0.3 is 0 Å². The maximum absolute atomic E-state index is 13.0. The summed E-state index contributed by atoms with van der Waals surface area (Å²) in [6.07, 6.45) is 3.06. The van der Waals surface area contributed by atoms with Crippen LogP contribution in [0.25, 0.3) is 0 Å². The first kappa shape index (κ1) is 26.9. The summed E-state index contributed by atoms with van der Waals surface area (Å²) in [7, 11) is 1.55. The molecule has 9 heteroatoms. The van der Waals surface area contributed by atoms with Crippen molar-refractivity contribution < 1.29 is 24.3 Å². The van der Waals surface area contributed by atoms with E-state index in [4.69, 9.17) is 0 Å². The number of amides is 4. The standard InChI is InChI=1S/C22H40N4O5/c1-7-9-17(26(6)20(30)14(2)24-21(31)22(3,4)5)19(29)25-16(13-27)12-15-10-8-11-23-18(15)28/h14-17,27H,7-13H2,1-6H3,(H,23,28)(H,24,31)(H,25,29)/t14-,15+,16+,17+/m1/s1. The predicted octanol–water partition coefficient (Wildman–Crippen LogP) is 0.558. The van der Waals surface area contributed by atoms with Crippen molar-refractivity contribution in [1.82, 2.24) is 20.9 Å². The Morgan fingerprint density at radius 3 is 2.42 bits per heavy atom. The van der Waals surface area contributed by atoms with Gasteiger partial charge in [0.1, 0.15) is 12.1 Å². The van der Waals surface area contributed by atoms with Crippen LogP contribution in [-0.4, -0.2) is 72.0 Å². The van der Waals surface area contributed by atoms with E-state index >= 15 is 0 Å². The minimum absolute atomic E-state index is 0.0558. The Morgan fingerprint density at radius 2 is 1.90 bits per heavy atom. The summed E-state index contributed by atoms with van der Waals surface area (Å²) in [6.45, 7) is 9.17. The second-order valence-electron chi connectivity index (χ2n) is 9.45. The Hall–Kier alpha value is -2.16. The number of carbonyl (C=O) groups excluding carboxylic acids is 4. The summed E-state index contributed by atoms with van der Waals surface area (Å²) in [6, 6.07) is -2.08. The smallest absolute Gasteiger partial charge is 0.245 e. The number of aliphatic hydroxyl groups excluding tert-OH is 1. The second-order valence-corrected chi connectivity index (χ2v) is 9.45. The predicted molar refractivity (Wildman–Crippen MR) is 118 cm³/mol. The molecule has 1 aliphatic rings. The van der Waals surface area contributed by atoms with Crippen LogP contribution in [0.5, 0.6) is 0 Å². The molecule has 0 spiro atoms. The van der Waals surface area contributed by atoms with E-state index in [1.807, 2.05) is 6.92 Å². The Bertz CT molecular complexity index is 646. The molecule has 0 saturated carbocycles. The molecule has 1 saturated heterocycles. The molecular weight excluding hydrogens is 400 g/mol. The van der Waals surface area contributed by atoms with E-state index in [-0.39, 0.29) is 36.2 Å². The zero-order valence-electron chi connectivity index (χ0n) is 19.8. The average Bonchev–Trinajstić information content (AvgIpc) is 2.70. The fourth-order valence-electron chi connectivity index (χ4n) is 3.59. The number of likely N-dealkylation sites (N-methyl/N-ethyl adjacent to an activating group) is 1. The Labute approximate surface area is 185 Å². The van der Waals surface area contributed by atoms with Crippen LogP contribution in [0.1, 0.15) is 66.7 Å². The number of carbonyl (C=O) groups is 4. The van der Waals surface area contributed by atoms with Gasteiger partial charge < -0.3 is 26.0 Å². The lowest BCUT2D eigenvalue weighted by molar-refractivity contribution is -0.143. The molecule has 1 heterocycles. The molecule has 31 heavy (non-hydrogen) atoms. The lowest BCUT2D eigenvalue weighted by atomic mass is 9.91. The van der Waals surface area contributed by atoms with Gasteiger partial charge in [-0.2, -0.15) is 0 Å². The number of nitrogens with zero attached hydrogens (tertiary/aromatic N) is 1. The molecule has 0 aromatic rings. The number of aliphatic hydroxyl groups is 1. The first-order valence-corrected chi connectivity index (χ1v) is 11.2. The summed E-state index contributed by atoms with van der Waals surface area (Å²) < 4.78 is 0. The van der Waals surface area contributed by atoms with Gasteiger partial charge in [0.15, 0.2) is 0 Å². The van der Waals surface area contributed by atoms with Gasteiger partial charge in [0.05, 0.1) is 12.6 Å². The van der Waals surface area contributed by atoms with Gasteiger partial charge in [-0.1, -0.05) is 34.1 Å². The summed E-state index contributed by atoms with van der Waals surface area (Å²) in [5.41, 5.74) is -0.632. The van der Waals surface area contributed by atoms with Crippen LogP contribution in [0.3, 0.4) is 0 Å². The highest BCUT2D eigenvalue weighted by Gasteiger charge is 2.33. The molecule has 4 atom stereocenters. The van der Waals surface area contributed by atoms with E-state index in [0.717, 1.165) is 12.8 Å². The van der Waals surface area contributed by atoms with Crippen molar-refractivity contribution >= 4 is 23.6 Å². The van der Waals surface area contributed by atoms with Crippen LogP contribution in [0.2, 0.25) is 0 Å². The molecular formula is C22H40N4O5. The third kappa shape index (κ3) is 8.12. The number of piperidine rings is 1. The summed E-state index contributed by atoms with van der Waals surface area (Å²) in [5.74, 6) is -1.28. The zero-order valence-corrected chi connectivity index (χ0v) is 19.8. The number of hydrogen-bond donors (Lipinski definition) is 4. The molecule has 0 radical (unpaired) electrons. The lowest BCUT2D eigenvalue weighted by Gasteiger charge is -2.32. The van der Waals surface area contributed by atoms with E-state index in [9.17, 15) is 24.3 Å². The monoisotopic (exact) mass is 440 g/mol. The van der Waals surface area contributed by atoms with Crippen LogP contribution in [-0.2, 0) is 19.2 Å². The Kier molecular flexibility index (Phi) is 10.4. The van der Waals surface area contributed by atoms with Crippen LogP contribution in [0.15, 0.2) is 0 Å². The SMILES string of the molecule is CCC[C@@H](C(=O)N[C@H](CO)C[C@@H]1CCCNC1=O)N(C)C(=O)[C@@H](C)NC(=O)C(C)(C)C. The largest absolute Gasteiger partial charge is 0.394 e. The summed E-state index contributed by atoms with van der Waals surface area (Å²) in [5, 5.41) is 18.1. The van der Waals surface area contributed by atoms with Crippen molar-refractivity contribution in [2.24, 2.45) is 11.3 Å². The Balaban J connectivity index is 2.80. The topological polar surface area (TPSA) is 128 Å². The molecule has 9 nitrogen and oxygen atoms in total. The van der Waals surface area contributed by atoms with Gasteiger partial charge in [0, 0.05) is 24.9 Å². The van der Waals surface area contributed by atoms with E-state index in [1.54, 1.807) is 34.7 Å². The maximum Gasteiger partial charge on any atom is 0.245 e. The van der Waals surface area contributed by atoms with Crippen molar-refractivity contribution in [2.45, 2.75) is 84.8 Å². The molecule has 178 valence electrons. The van der Waals surface area contributed by atoms with E-state index in [1.165, 1.54) is 4.90 Å². The first-order chi connectivity index (χ1) is 14.4. The second kappa shape index (κ2) is 12.0. The average molecular weight is 441 g/mol. The van der Waals surface area contributed by atoms with Gasteiger partial charge in [-0.3, -0.25) is 19.2 Å². The van der Waals surface area contributed by atoms with Gasteiger partial charge in [0.25, 0.3) is 0 Å². The van der Waals surface area contributed by atoms with Crippen molar-refractivity contribution in [3.05, 3.63) is 0 Å². The molecule has 0 unspecified atom stereocenters. The molecule has 0 aliphatic carbocycles. The van der Waals surface area contributed by atoms with E-state index < -0.39 is 23.5 Å². The van der Waals surface area contributed by atoms with Crippen molar-refractivity contribution in [3.8, 4) is 0 Å². The third-order valence-corrected chi connectivity index (χ3v) is 5.61. The summed E-state index contributed by atoms with van der Waals surface area (Å²) >= 11 is 0. The first-order valence-electron chi connectivity index (χ1n) is 11.2. The van der Waals surface area contributed by atoms with E-state index in [0.29, 0.717) is 25.8 Å². The van der Waals surface area contributed by atoms with Crippen molar-refractivity contribution in [1.29, 1.82) is 0 Å². The van der Waals surface area contributed by atoms with Crippen LogP contribution in [0.4, 0.5) is 0 Å². The lowest BCUT2D eigenvalue weighted by Crippen LogP contribution is -2.56. The highest BCUT2D eigenvalue weighted by Crippen LogP contribution is 2.18. The van der Waals surface area contributed by atoms with Gasteiger partial charge in [-0.05, 0) is 32.6 Å². The van der Waals surface area contributed by atoms with Crippen LogP contribution in [0, 0.1) is 11.3 Å². The van der Waals surface area contributed by atoms with Gasteiger partial charge in [0.2, 0.25) is 23.6 Å². The number of nitrogens with one attached hydrogen (secondary N) is 3. The number of hydrogen-bond acceptors (Lipinski definition) is 5. The fraction of sp³-hybridized carbons (Fsp3) is 0.818. The van der Waals surface area contributed by atoms with Crippen molar-refractivity contribution in [2.75, 3.05) is 20.2 Å². The fourth-order valence-corrected chi connectivity index (χ4v) is 3.59. The van der Waals surface area contributed by atoms with Gasteiger partial charge in [-0.25, -0.2) is 0 Å². The molecule has 4 N–H and O–H groups in total. The molecule has 4 amide bonds. The molecule has 1 aliphatic heterocycles. The van der Waals surface area contributed by atoms with E-state index in [2.05, 4.69) is 16.0 Å². The quantitative estimate of drug-likeness (QED) is 0.395. The molecule has 0 bridgehead atoms. The highest BCUT2D eigenvalue weighted by molar-refractivity contribution is 5.92. The Morgan fingerprint density at radius 1 is 1.26 bits per heavy atom. The molecule has 1 fully saturated rings. The maximum atomic E-state index is 13.0.